The maximum Gasteiger partial charge on any atom is 0.316 e. The molecule has 0 aliphatic rings. The van der Waals surface area contributed by atoms with Gasteiger partial charge in [-0.3, -0.25) is 0 Å². The highest BCUT2D eigenvalue weighted by molar-refractivity contribution is 5.73. The molecule has 0 atom stereocenters. The quantitative estimate of drug-likeness (QED) is 0.290. The molecule has 0 aliphatic carbocycles. The number of carbonyl (C=O) groups excluding carboxylic acids is 1. The number of azide groups is 1. The SMILES string of the molecule is CN(C)C(=O)NCCCN=[N+]=[N-]. The summed E-state index contributed by atoms with van der Waals surface area (Å²) in [4.78, 5) is 14.9. The summed E-state index contributed by atoms with van der Waals surface area (Å²) >= 11 is 0. The average Bonchev–Trinajstić information content (AvgIpc) is 2.03. The zero-order chi connectivity index (χ0) is 9.40. The Bertz CT molecular complexity index is 184. The minimum absolute atomic E-state index is 0.129. The molecular formula is C6H13N5O. The van der Waals surface area contributed by atoms with Crippen molar-refractivity contribution in [2.75, 3.05) is 27.2 Å². The van der Waals surface area contributed by atoms with Gasteiger partial charge in [0.25, 0.3) is 0 Å². The average molecular weight is 171 g/mol. The van der Waals surface area contributed by atoms with Crippen molar-refractivity contribution in [2.45, 2.75) is 6.42 Å². The van der Waals surface area contributed by atoms with Crippen molar-refractivity contribution in [1.29, 1.82) is 0 Å². The van der Waals surface area contributed by atoms with Crippen LogP contribution in [0.4, 0.5) is 4.79 Å². The summed E-state index contributed by atoms with van der Waals surface area (Å²) in [5.74, 6) is 0. The van der Waals surface area contributed by atoms with Crippen LogP contribution in [0.5, 0.6) is 0 Å². The van der Waals surface area contributed by atoms with Gasteiger partial charge in [-0.15, -0.1) is 0 Å². The van der Waals surface area contributed by atoms with Crippen LogP contribution in [0.3, 0.4) is 0 Å². The normalized spacial score (nSPS) is 8.50. The number of hydrogen-bond acceptors (Lipinski definition) is 2. The molecule has 12 heavy (non-hydrogen) atoms. The van der Waals surface area contributed by atoms with Crippen molar-refractivity contribution in [3.8, 4) is 0 Å². The molecule has 1 N–H and O–H groups in total. The lowest BCUT2D eigenvalue weighted by atomic mass is 10.4. The van der Waals surface area contributed by atoms with Crippen LogP contribution < -0.4 is 5.32 Å². The minimum Gasteiger partial charge on any atom is -0.338 e. The molecule has 0 saturated carbocycles. The first-order valence-corrected chi connectivity index (χ1v) is 3.64. The molecule has 0 aromatic carbocycles. The minimum atomic E-state index is -0.129. The maximum absolute atomic E-state index is 10.9. The van der Waals surface area contributed by atoms with Gasteiger partial charge in [0, 0.05) is 32.1 Å². The van der Waals surface area contributed by atoms with E-state index in [0.717, 1.165) is 0 Å². The monoisotopic (exact) mass is 171 g/mol. The summed E-state index contributed by atoms with van der Waals surface area (Å²) in [7, 11) is 3.34. The van der Waals surface area contributed by atoms with E-state index < -0.39 is 0 Å². The molecule has 2 amide bonds. The predicted octanol–water partition coefficient (Wildman–Crippen LogP) is 0.958. The van der Waals surface area contributed by atoms with Crippen molar-refractivity contribution in [3.05, 3.63) is 10.4 Å². The van der Waals surface area contributed by atoms with Crippen molar-refractivity contribution in [3.63, 3.8) is 0 Å². The predicted molar refractivity (Wildman–Crippen MR) is 45.7 cm³/mol. The van der Waals surface area contributed by atoms with E-state index in [9.17, 15) is 4.79 Å². The largest absolute Gasteiger partial charge is 0.338 e. The van der Waals surface area contributed by atoms with E-state index >= 15 is 0 Å². The summed E-state index contributed by atoms with van der Waals surface area (Å²) in [5.41, 5.74) is 7.93. The van der Waals surface area contributed by atoms with Gasteiger partial charge >= 0.3 is 6.03 Å². The number of carbonyl (C=O) groups is 1. The molecule has 0 bridgehead atoms. The fourth-order valence-electron chi connectivity index (χ4n) is 0.548. The van der Waals surface area contributed by atoms with Gasteiger partial charge in [0.15, 0.2) is 0 Å². The van der Waals surface area contributed by atoms with Crippen LogP contribution in [-0.2, 0) is 0 Å². The molecule has 0 fully saturated rings. The van der Waals surface area contributed by atoms with Gasteiger partial charge in [-0.05, 0) is 12.0 Å². The van der Waals surface area contributed by atoms with Gasteiger partial charge in [-0.25, -0.2) is 4.79 Å². The highest BCUT2D eigenvalue weighted by atomic mass is 16.2. The van der Waals surface area contributed by atoms with Gasteiger partial charge in [-0.2, -0.15) is 0 Å². The van der Waals surface area contributed by atoms with E-state index in [-0.39, 0.29) is 6.03 Å². The lowest BCUT2D eigenvalue weighted by molar-refractivity contribution is 0.217. The fraction of sp³-hybridized carbons (Fsp3) is 0.833. The van der Waals surface area contributed by atoms with E-state index in [2.05, 4.69) is 15.3 Å². The third-order valence-corrected chi connectivity index (χ3v) is 1.18. The van der Waals surface area contributed by atoms with Crippen molar-refractivity contribution >= 4 is 6.03 Å². The lowest BCUT2D eigenvalue weighted by Crippen LogP contribution is -2.35. The lowest BCUT2D eigenvalue weighted by Gasteiger charge is -2.10. The first-order chi connectivity index (χ1) is 5.68. The second-order valence-corrected chi connectivity index (χ2v) is 2.43. The van der Waals surface area contributed by atoms with Gasteiger partial charge in [0.05, 0.1) is 0 Å². The number of rotatable bonds is 4. The maximum atomic E-state index is 10.9. The van der Waals surface area contributed by atoms with E-state index in [0.29, 0.717) is 19.5 Å². The second-order valence-electron chi connectivity index (χ2n) is 2.43. The highest BCUT2D eigenvalue weighted by Crippen LogP contribution is 1.81. The second kappa shape index (κ2) is 6.30. The smallest absolute Gasteiger partial charge is 0.316 e. The standard InChI is InChI=1S/C6H13N5O/c1-11(2)6(12)8-4-3-5-9-10-7/h3-5H2,1-2H3,(H,8,12). The molecule has 0 aromatic heterocycles. The zero-order valence-corrected chi connectivity index (χ0v) is 7.32. The van der Waals surface area contributed by atoms with Crippen LogP contribution in [0, 0.1) is 0 Å². The molecule has 6 heteroatoms. The van der Waals surface area contributed by atoms with Crippen LogP contribution in [0.15, 0.2) is 5.11 Å². The number of nitrogens with one attached hydrogen (secondary N) is 1. The molecule has 0 heterocycles. The Hall–Kier alpha value is -1.42. The first kappa shape index (κ1) is 10.6. The molecule has 0 unspecified atom stereocenters. The number of hydrogen-bond donors (Lipinski definition) is 1. The van der Waals surface area contributed by atoms with Crippen LogP contribution >= 0.6 is 0 Å². The summed E-state index contributed by atoms with van der Waals surface area (Å²) in [6.45, 7) is 0.959. The number of nitrogens with zero attached hydrogens (tertiary/aromatic N) is 4. The van der Waals surface area contributed by atoms with Gasteiger partial charge in [0.2, 0.25) is 0 Å². The molecular weight excluding hydrogens is 158 g/mol. The van der Waals surface area contributed by atoms with Gasteiger partial charge in [0.1, 0.15) is 0 Å². The van der Waals surface area contributed by atoms with E-state index in [1.54, 1.807) is 14.1 Å². The van der Waals surface area contributed by atoms with Crippen LogP contribution in [0.1, 0.15) is 6.42 Å². The van der Waals surface area contributed by atoms with Crippen LogP contribution in [0.25, 0.3) is 10.4 Å². The Morgan fingerprint density at radius 3 is 2.83 bits per heavy atom. The van der Waals surface area contributed by atoms with Crippen LogP contribution in [0.2, 0.25) is 0 Å². The molecule has 68 valence electrons. The number of amides is 2. The Labute approximate surface area is 71.2 Å². The molecule has 0 aromatic rings. The van der Waals surface area contributed by atoms with Crippen molar-refractivity contribution in [1.82, 2.24) is 10.2 Å². The summed E-state index contributed by atoms with van der Waals surface area (Å²) in [5, 5.41) is 5.97. The Kier molecular flexibility index (Phi) is 5.55. The number of urea groups is 1. The summed E-state index contributed by atoms with van der Waals surface area (Å²) in [6.07, 6.45) is 0.670. The Morgan fingerprint density at radius 2 is 2.33 bits per heavy atom. The molecule has 0 radical (unpaired) electrons. The summed E-state index contributed by atoms with van der Waals surface area (Å²) < 4.78 is 0. The third-order valence-electron chi connectivity index (χ3n) is 1.18. The summed E-state index contributed by atoms with van der Waals surface area (Å²) in [6, 6.07) is -0.129. The highest BCUT2D eigenvalue weighted by Gasteiger charge is 1.99. The van der Waals surface area contributed by atoms with E-state index in [4.69, 9.17) is 5.53 Å². The van der Waals surface area contributed by atoms with Gasteiger partial charge in [-0.1, -0.05) is 5.11 Å². The van der Waals surface area contributed by atoms with E-state index in [1.165, 1.54) is 4.90 Å². The van der Waals surface area contributed by atoms with Crippen molar-refractivity contribution in [2.24, 2.45) is 5.11 Å². The third kappa shape index (κ3) is 5.37. The molecule has 0 spiro atoms. The Morgan fingerprint density at radius 1 is 1.67 bits per heavy atom. The first-order valence-electron chi connectivity index (χ1n) is 3.64. The van der Waals surface area contributed by atoms with Gasteiger partial charge < -0.3 is 10.2 Å². The topological polar surface area (TPSA) is 81.1 Å². The van der Waals surface area contributed by atoms with Crippen LogP contribution in [-0.4, -0.2) is 38.1 Å². The Balaban J connectivity index is 3.31. The zero-order valence-electron chi connectivity index (χ0n) is 7.32. The molecule has 0 rings (SSSR count). The fourth-order valence-corrected chi connectivity index (χ4v) is 0.548. The molecule has 0 aliphatic heterocycles. The van der Waals surface area contributed by atoms with Crippen molar-refractivity contribution < 1.29 is 4.79 Å². The molecule has 0 saturated heterocycles. The molecule has 6 nitrogen and oxygen atoms in total. The van der Waals surface area contributed by atoms with E-state index in [1.807, 2.05) is 0 Å².